The van der Waals surface area contributed by atoms with E-state index in [4.69, 9.17) is 4.74 Å². The van der Waals surface area contributed by atoms with E-state index in [-0.39, 0.29) is 17.9 Å². The molecule has 33 heavy (non-hydrogen) atoms. The van der Waals surface area contributed by atoms with Crippen molar-refractivity contribution in [2.75, 3.05) is 18.1 Å². The SMILES string of the molecule is Cc1nc(C)c(C(=O)N(c2ccc(F)cc2)[C@@H](C(=O)NC[C@@H]2CCCO2)c2ccccc2)s1. The second-order valence-electron chi connectivity index (χ2n) is 7.99. The molecule has 172 valence electrons. The number of anilines is 1. The lowest BCUT2D eigenvalue weighted by atomic mass is 10.0. The van der Waals surface area contributed by atoms with Gasteiger partial charge in [-0.1, -0.05) is 30.3 Å². The lowest BCUT2D eigenvalue weighted by Gasteiger charge is -2.31. The molecule has 0 bridgehead atoms. The quantitative estimate of drug-likeness (QED) is 0.552. The Bertz CT molecular complexity index is 1110. The minimum atomic E-state index is -0.952. The first-order chi connectivity index (χ1) is 15.9. The van der Waals surface area contributed by atoms with E-state index in [9.17, 15) is 14.0 Å². The van der Waals surface area contributed by atoms with Gasteiger partial charge in [-0.3, -0.25) is 14.5 Å². The molecular weight excluding hydrogens is 441 g/mol. The van der Waals surface area contributed by atoms with Crippen molar-refractivity contribution in [2.45, 2.75) is 38.8 Å². The number of benzene rings is 2. The Morgan fingerprint density at radius 1 is 1.18 bits per heavy atom. The molecular formula is C25H26FN3O3S. The van der Waals surface area contributed by atoms with Gasteiger partial charge in [0.2, 0.25) is 5.91 Å². The number of aromatic nitrogens is 1. The summed E-state index contributed by atoms with van der Waals surface area (Å²) < 4.78 is 19.4. The van der Waals surface area contributed by atoms with Gasteiger partial charge in [0.1, 0.15) is 16.7 Å². The maximum absolute atomic E-state index is 13.8. The first kappa shape index (κ1) is 23.1. The van der Waals surface area contributed by atoms with E-state index in [0.717, 1.165) is 17.8 Å². The number of thiazole rings is 1. The van der Waals surface area contributed by atoms with E-state index >= 15 is 0 Å². The number of carbonyl (C=O) groups excluding carboxylic acids is 2. The summed E-state index contributed by atoms with van der Waals surface area (Å²) in [7, 11) is 0. The maximum Gasteiger partial charge on any atom is 0.271 e. The van der Waals surface area contributed by atoms with Crippen LogP contribution in [0.25, 0.3) is 0 Å². The van der Waals surface area contributed by atoms with Crippen molar-refractivity contribution in [1.82, 2.24) is 10.3 Å². The van der Waals surface area contributed by atoms with Gasteiger partial charge in [-0.2, -0.15) is 0 Å². The molecule has 0 spiro atoms. The summed E-state index contributed by atoms with van der Waals surface area (Å²) in [6.45, 7) is 4.66. The van der Waals surface area contributed by atoms with Crippen LogP contribution in [0.5, 0.6) is 0 Å². The number of carbonyl (C=O) groups is 2. The van der Waals surface area contributed by atoms with E-state index in [1.807, 2.05) is 37.3 Å². The summed E-state index contributed by atoms with van der Waals surface area (Å²) in [6, 6.07) is 13.8. The fourth-order valence-corrected chi connectivity index (χ4v) is 4.85. The highest BCUT2D eigenvalue weighted by molar-refractivity contribution is 7.13. The fourth-order valence-electron chi connectivity index (χ4n) is 3.99. The van der Waals surface area contributed by atoms with E-state index in [0.29, 0.717) is 35.0 Å². The van der Waals surface area contributed by atoms with Gasteiger partial charge < -0.3 is 10.1 Å². The number of aryl methyl sites for hydroxylation is 2. The van der Waals surface area contributed by atoms with Crippen LogP contribution in [0.15, 0.2) is 54.6 Å². The van der Waals surface area contributed by atoms with Crippen LogP contribution in [0.1, 0.15) is 44.8 Å². The molecule has 2 heterocycles. The molecule has 1 N–H and O–H groups in total. The topological polar surface area (TPSA) is 71.5 Å². The molecule has 8 heteroatoms. The number of rotatable bonds is 7. The largest absolute Gasteiger partial charge is 0.376 e. The van der Waals surface area contributed by atoms with Crippen molar-refractivity contribution in [3.8, 4) is 0 Å². The Morgan fingerprint density at radius 2 is 1.91 bits per heavy atom. The zero-order valence-electron chi connectivity index (χ0n) is 18.6. The van der Waals surface area contributed by atoms with Crippen molar-refractivity contribution in [3.63, 3.8) is 0 Å². The number of amides is 2. The molecule has 2 aromatic carbocycles. The van der Waals surface area contributed by atoms with E-state index < -0.39 is 11.9 Å². The Kier molecular flexibility index (Phi) is 7.15. The van der Waals surface area contributed by atoms with E-state index in [1.54, 1.807) is 6.92 Å². The monoisotopic (exact) mass is 467 g/mol. The zero-order valence-corrected chi connectivity index (χ0v) is 19.4. The van der Waals surface area contributed by atoms with Gasteiger partial charge in [-0.25, -0.2) is 9.37 Å². The maximum atomic E-state index is 13.8. The summed E-state index contributed by atoms with van der Waals surface area (Å²) in [4.78, 5) is 33.7. The normalized spacial score (nSPS) is 16.4. The summed E-state index contributed by atoms with van der Waals surface area (Å²) in [5.74, 6) is -1.10. The minimum Gasteiger partial charge on any atom is -0.376 e. The lowest BCUT2D eigenvalue weighted by Crippen LogP contribution is -2.45. The predicted molar refractivity (Wildman–Crippen MR) is 126 cm³/mol. The molecule has 1 aliphatic heterocycles. The Labute approximate surface area is 196 Å². The molecule has 1 saturated heterocycles. The van der Waals surface area contributed by atoms with Crippen LogP contribution in [-0.2, 0) is 9.53 Å². The van der Waals surface area contributed by atoms with E-state index in [2.05, 4.69) is 10.3 Å². The molecule has 1 aromatic heterocycles. The molecule has 4 rings (SSSR count). The Hall–Kier alpha value is -3.10. The second-order valence-corrected chi connectivity index (χ2v) is 9.20. The summed E-state index contributed by atoms with van der Waals surface area (Å²) in [6.07, 6.45) is 1.81. The molecule has 0 unspecified atom stereocenters. The van der Waals surface area contributed by atoms with Crippen LogP contribution < -0.4 is 10.2 Å². The average Bonchev–Trinajstić information content (AvgIpc) is 3.45. The van der Waals surface area contributed by atoms with Gasteiger partial charge in [0.15, 0.2) is 0 Å². The number of ether oxygens (including phenoxy) is 1. The third-order valence-electron chi connectivity index (χ3n) is 5.57. The van der Waals surface area contributed by atoms with Gasteiger partial charge in [0.05, 0.1) is 16.8 Å². The van der Waals surface area contributed by atoms with Gasteiger partial charge in [-0.15, -0.1) is 11.3 Å². The summed E-state index contributed by atoms with van der Waals surface area (Å²) >= 11 is 1.28. The van der Waals surface area contributed by atoms with Crippen molar-refractivity contribution in [1.29, 1.82) is 0 Å². The fraction of sp³-hybridized carbons (Fsp3) is 0.320. The van der Waals surface area contributed by atoms with Crippen molar-refractivity contribution >= 4 is 28.8 Å². The highest BCUT2D eigenvalue weighted by Crippen LogP contribution is 2.32. The van der Waals surface area contributed by atoms with Crippen LogP contribution in [0.3, 0.4) is 0 Å². The lowest BCUT2D eigenvalue weighted by molar-refractivity contribution is -0.123. The number of nitrogens with zero attached hydrogens (tertiary/aromatic N) is 2. The van der Waals surface area contributed by atoms with Crippen LogP contribution >= 0.6 is 11.3 Å². The second kappa shape index (κ2) is 10.2. The molecule has 6 nitrogen and oxygen atoms in total. The molecule has 0 aliphatic carbocycles. The van der Waals surface area contributed by atoms with E-state index in [1.165, 1.54) is 40.5 Å². The summed E-state index contributed by atoms with van der Waals surface area (Å²) in [5.41, 5.74) is 1.67. The van der Waals surface area contributed by atoms with Crippen molar-refractivity contribution < 1.29 is 18.7 Å². The molecule has 2 atom stereocenters. The van der Waals surface area contributed by atoms with Gasteiger partial charge >= 0.3 is 0 Å². The standard InChI is InChI=1S/C25H26FN3O3S/c1-16-23(33-17(2)28-16)25(31)29(20-12-10-19(26)11-13-20)22(18-7-4-3-5-8-18)24(30)27-15-21-9-6-14-32-21/h3-5,7-8,10-13,21-22H,6,9,14-15H2,1-2H3,(H,27,30)/t21-,22+/m0/s1. The third kappa shape index (κ3) is 5.29. The number of hydrogen-bond donors (Lipinski definition) is 1. The third-order valence-corrected chi connectivity index (χ3v) is 6.63. The van der Waals surface area contributed by atoms with Gasteiger partial charge in [-0.05, 0) is 56.5 Å². The van der Waals surface area contributed by atoms with Crippen LogP contribution in [0, 0.1) is 19.7 Å². The van der Waals surface area contributed by atoms with Crippen LogP contribution in [-0.4, -0.2) is 36.1 Å². The van der Waals surface area contributed by atoms with Crippen molar-refractivity contribution in [3.05, 3.63) is 81.6 Å². The van der Waals surface area contributed by atoms with Gasteiger partial charge in [0, 0.05) is 18.8 Å². The smallest absolute Gasteiger partial charge is 0.271 e. The molecule has 0 radical (unpaired) electrons. The van der Waals surface area contributed by atoms with Crippen LogP contribution in [0.4, 0.5) is 10.1 Å². The average molecular weight is 468 g/mol. The highest BCUT2D eigenvalue weighted by Gasteiger charge is 2.35. The first-order valence-corrected chi connectivity index (χ1v) is 11.7. The summed E-state index contributed by atoms with van der Waals surface area (Å²) in [5, 5.41) is 3.73. The number of hydrogen-bond acceptors (Lipinski definition) is 5. The molecule has 3 aromatic rings. The molecule has 0 saturated carbocycles. The molecule has 1 fully saturated rings. The first-order valence-electron chi connectivity index (χ1n) is 10.9. The Balaban J connectivity index is 1.76. The number of halogens is 1. The van der Waals surface area contributed by atoms with Gasteiger partial charge in [0.25, 0.3) is 5.91 Å². The van der Waals surface area contributed by atoms with Crippen LogP contribution in [0.2, 0.25) is 0 Å². The predicted octanol–water partition coefficient (Wildman–Crippen LogP) is 4.58. The highest BCUT2D eigenvalue weighted by atomic mass is 32.1. The van der Waals surface area contributed by atoms with Crippen molar-refractivity contribution in [2.24, 2.45) is 0 Å². The zero-order chi connectivity index (χ0) is 23.4. The molecule has 2 amide bonds. The Morgan fingerprint density at radius 3 is 2.52 bits per heavy atom. The molecule has 1 aliphatic rings. The number of nitrogens with one attached hydrogen (secondary N) is 1. The minimum absolute atomic E-state index is 0.0354.